The number of nitrogens with zero attached hydrogens (tertiary/aromatic N) is 6. The molecule has 1 aliphatic heterocycles. The number of aromatic nitrogens is 2. The van der Waals surface area contributed by atoms with Crippen molar-refractivity contribution in [2.45, 2.75) is 25.6 Å². The molecular formula is C27H33N7O. The number of H-pyrrole nitrogens is 1. The average molecular weight is 472 g/mol. The molecule has 182 valence electrons. The number of carbonyl (C=O) groups excluding carboxylic acids is 1. The van der Waals surface area contributed by atoms with Crippen LogP contribution in [0.1, 0.15) is 22.4 Å². The number of hydrogen-bond acceptors (Lipinski definition) is 5. The van der Waals surface area contributed by atoms with Gasteiger partial charge in [-0.15, -0.1) is 0 Å². The van der Waals surface area contributed by atoms with Gasteiger partial charge in [0.15, 0.2) is 0 Å². The van der Waals surface area contributed by atoms with Crippen LogP contribution in [0.25, 0.3) is 0 Å². The van der Waals surface area contributed by atoms with Gasteiger partial charge in [-0.05, 0) is 49.8 Å². The number of likely N-dealkylation sites (N-methyl/N-ethyl adjacent to an activating group) is 2. The number of benzene rings is 2. The van der Waals surface area contributed by atoms with E-state index in [1.807, 2.05) is 68.6 Å². The van der Waals surface area contributed by atoms with Crippen molar-refractivity contribution in [3.05, 3.63) is 83.4 Å². The maximum atomic E-state index is 13.8. The summed E-state index contributed by atoms with van der Waals surface area (Å²) >= 11 is 0. The highest BCUT2D eigenvalue weighted by atomic mass is 16.2. The third-order valence-corrected chi connectivity index (χ3v) is 6.44. The highest BCUT2D eigenvalue weighted by Crippen LogP contribution is 2.31. The second kappa shape index (κ2) is 11.1. The third kappa shape index (κ3) is 6.00. The summed E-state index contributed by atoms with van der Waals surface area (Å²) < 4.78 is 0. The fraction of sp³-hybridized carbons (Fsp3) is 0.370. The standard InChI is InChI=1S/C27H33N7O/c1-31(2)11-12-32(3)27(35)34-17-23-13-22(15-28)9-10-26(23)33(18-24-16-29-20-30-24)19-25(34)14-21-7-5-4-6-8-21/h4-10,13,16,20,25H,11-12,14,17-19H2,1-3H3,(H,29,30)/t25-/m1/s1. The molecule has 1 N–H and O–H groups in total. The van der Waals surface area contributed by atoms with Gasteiger partial charge in [-0.1, -0.05) is 30.3 Å². The molecule has 4 rings (SSSR count). The van der Waals surface area contributed by atoms with Gasteiger partial charge in [0.05, 0.1) is 36.2 Å². The zero-order chi connectivity index (χ0) is 24.8. The number of nitrogens with one attached hydrogen (secondary N) is 1. The molecule has 1 atom stereocenters. The second-order valence-corrected chi connectivity index (χ2v) is 9.38. The topological polar surface area (TPSA) is 82.5 Å². The van der Waals surface area contributed by atoms with E-state index in [4.69, 9.17) is 0 Å². The predicted molar refractivity (Wildman–Crippen MR) is 137 cm³/mol. The minimum Gasteiger partial charge on any atom is -0.363 e. The van der Waals surface area contributed by atoms with Gasteiger partial charge in [-0.2, -0.15) is 5.26 Å². The van der Waals surface area contributed by atoms with Crippen molar-refractivity contribution in [1.82, 2.24) is 24.7 Å². The second-order valence-electron chi connectivity index (χ2n) is 9.38. The molecule has 8 nitrogen and oxygen atoms in total. The Morgan fingerprint density at radius 1 is 1.17 bits per heavy atom. The SMILES string of the molecule is CN(C)CCN(C)C(=O)N1Cc2cc(C#N)ccc2N(Cc2c[nH]cn2)C[C@H]1Cc1ccccc1. The molecule has 2 aromatic carbocycles. The van der Waals surface area contributed by atoms with Crippen molar-refractivity contribution in [2.75, 3.05) is 45.7 Å². The van der Waals surface area contributed by atoms with Gasteiger partial charge in [0.1, 0.15) is 0 Å². The van der Waals surface area contributed by atoms with Crippen molar-refractivity contribution in [3.63, 3.8) is 0 Å². The lowest BCUT2D eigenvalue weighted by atomic mass is 10.0. The molecule has 0 saturated heterocycles. The van der Waals surface area contributed by atoms with Crippen molar-refractivity contribution in [3.8, 4) is 6.07 Å². The van der Waals surface area contributed by atoms with Crippen molar-refractivity contribution in [2.24, 2.45) is 0 Å². The first-order valence-electron chi connectivity index (χ1n) is 11.9. The van der Waals surface area contributed by atoms with E-state index >= 15 is 0 Å². The summed E-state index contributed by atoms with van der Waals surface area (Å²) in [5.41, 5.74) is 4.73. The molecule has 2 heterocycles. The summed E-state index contributed by atoms with van der Waals surface area (Å²) in [6.07, 6.45) is 4.33. The number of aromatic amines is 1. The molecule has 2 amide bonds. The van der Waals surface area contributed by atoms with Gasteiger partial charge in [0.2, 0.25) is 0 Å². The van der Waals surface area contributed by atoms with Crippen LogP contribution >= 0.6 is 0 Å². The van der Waals surface area contributed by atoms with Crippen LogP contribution in [-0.4, -0.2) is 77.5 Å². The van der Waals surface area contributed by atoms with E-state index in [0.29, 0.717) is 31.7 Å². The van der Waals surface area contributed by atoms with E-state index in [1.165, 1.54) is 5.56 Å². The summed E-state index contributed by atoms with van der Waals surface area (Å²) in [7, 11) is 5.88. The van der Waals surface area contributed by atoms with E-state index in [0.717, 1.165) is 29.9 Å². The van der Waals surface area contributed by atoms with Crippen LogP contribution in [0.4, 0.5) is 10.5 Å². The van der Waals surface area contributed by atoms with Crippen LogP contribution in [0.2, 0.25) is 0 Å². The lowest BCUT2D eigenvalue weighted by Crippen LogP contribution is -2.51. The van der Waals surface area contributed by atoms with E-state index in [-0.39, 0.29) is 12.1 Å². The normalized spacial score (nSPS) is 15.5. The Kier molecular flexibility index (Phi) is 7.68. The molecule has 0 saturated carbocycles. The largest absolute Gasteiger partial charge is 0.363 e. The first-order chi connectivity index (χ1) is 16.9. The lowest BCUT2D eigenvalue weighted by Gasteiger charge is -2.35. The number of rotatable bonds is 7. The fourth-order valence-corrected chi connectivity index (χ4v) is 4.53. The Labute approximate surface area is 207 Å². The molecule has 0 fully saturated rings. The number of fused-ring (bicyclic) bond motifs is 1. The average Bonchev–Trinajstić information content (AvgIpc) is 3.33. The molecule has 0 unspecified atom stereocenters. The Morgan fingerprint density at radius 2 is 1.97 bits per heavy atom. The highest BCUT2D eigenvalue weighted by molar-refractivity contribution is 5.75. The summed E-state index contributed by atoms with van der Waals surface area (Å²) in [4.78, 5) is 29.4. The molecule has 0 radical (unpaired) electrons. The molecule has 0 bridgehead atoms. The van der Waals surface area contributed by atoms with Crippen molar-refractivity contribution in [1.29, 1.82) is 5.26 Å². The molecule has 1 aliphatic rings. The van der Waals surface area contributed by atoms with Crippen LogP contribution in [0.3, 0.4) is 0 Å². The number of nitriles is 1. The van der Waals surface area contributed by atoms with Crippen molar-refractivity contribution >= 4 is 11.7 Å². The summed E-state index contributed by atoms with van der Waals surface area (Å²) in [6, 6.07) is 18.3. The zero-order valence-electron chi connectivity index (χ0n) is 20.7. The smallest absolute Gasteiger partial charge is 0.320 e. The van der Waals surface area contributed by atoms with Gasteiger partial charge < -0.3 is 24.6 Å². The van der Waals surface area contributed by atoms with Crippen LogP contribution in [-0.2, 0) is 19.5 Å². The van der Waals surface area contributed by atoms with Crippen LogP contribution in [0.5, 0.6) is 0 Å². The number of anilines is 1. The monoisotopic (exact) mass is 471 g/mol. The third-order valence-electron chi connectivity index (χ3n) is 6.44. The van der Waals surface area contributed by atoms with Crippen molar-refractivity contribution < 1.29 is 4.79 Å². The molecule has 1 aromatic heterocycles. The predicted octanol–water partition coefficient (Wildman–Crippen LogP) is 3.33. The van der Waals surface area contributed by atoms with Crippen LogP contribution in [0.15, 0.2) is 61.1 Å². The molecule has 0 aliphatic carbocycles. The van der Waals surface area contributed by atoms with Crippen LogP contribution in [0, 0.1) is 11.3 Å². The minimum absolute atomic E-state index is 0.00251. The highest BCUT2D eigenvalue weighted by Gasteiger charge is 2.33. The van der Waals surface area contributed by atoms with Gasteiger partial charge >= 0.3 is 6.03 Å². The number of imidazole rings is 1. The van der Waals surface area contributed by atoms with E-state index < -0.39 is 0 Å². The van der Waals surface area contributed by atoms with Gasteiger partial charge in [0, 0.05) is 45.1 Å². The number of hydrogen-bond donors (Lipinski definition) is 1. The fourth-order valence-electron chi connectivity index (χ4n) is 4.53. The maximum Gasteiger partial charge on any atom is 0.320 e. The number of carbonyl (C=O) groups is 1. The lowest BCUT2D eigenvalue weighted by molar-refractivity contribution is 0.137. The Balaban J connectivity index is 1.71. The minimum atomic E-state index is -0.0522. The quantitative estimate of drug-likeness (QED) is 0.572. The van der Waals surface area contributed by atoms with Crippen LogP contribution < -0.4 is 4.90 Å². The van der Waals surface area contributed by atoms with E-state index in [2.05, 4.69) is 38.0 Å². The summed E-state index contributed by atoms with van der Waals surface area (Å²) in [5.74, 6) is 0. The Morgan fingerprint density at radius 3 is 2.66 bits per heavy atom. The number of amides is 2. The van der Waals surface area contributed by atoms with Gasteiger partial charge in [-0.3, -0.25) is 0 Å². The first-order valence-corrected chi connectivity index (χ1v) is 11.9. The summed E-state index contributed by atoms with van der Waals surface area (Å²) in [5, 5.41) is 9.54. The maximum absolute atomic E-state index is 13.8. The molecular weight excluding hydrogens is 438 g/mol. The Hall–Kier alpha value is -3.83. The van der Waals surface area contributed by atoms with Gasteiger partial charge in [-0.25, -0.2) is 9.78 Å². The molecule has 8 heteroatoms. The molecule has 0 spiro atoms. The zero-order valence-corrected chi connectivity index (χ0v) is 20.7. The molecule has 35 heavy (non-hydrogen) atoms. The molecule has 3 aromatic rings. The van der Waals surface area contributed by atoms with E-state index in [9.17, 15) is 10.1 Å². The number of urea groups is 1. The Bertz CT molecular complexity index is 1150. The van der Waals surface area contributed by atoms with Gasteiger partial charge in [0.25, 0.3) is 0 Å². The summed E-state index contributed by atoms with van der Waals surface area (Å²) in [6.45, 7) is 3.16. The van der Waals surface area contributed by atoms with E-state index in [1.54, 1.807) is 11.2 Å². The first kappa shape index (κ1) is 24.3.